The summed E-state index contributed by atoms with van der Waals surface area (Å²) in [5, 5.41) is 18.4. The number of benzene rings is 1. The number of nitrogens with zero attached hydrogens (tertiary/aromatic N) is 2. The molecule has 0 radical (unpaired) electrons. The Morgan fingerprint density at radius 2 is 1.96 bits per heavy atom. The van der Waals surface area contributed by atoms with E-state index in [2.05, 4.69) is 4.98 Å². The van der Waals surface area contributed by atoms with E-state index in [-0.39, 0.29) is 18.1 Å². The second-order valence-corrected chi connectivity index (χ2v) is 5.22. The fraction of sp³-hybridized carbons (Fsp3) is 0.235. The van der Waals surface area contributed by atoms with E-state index in [9.17, 15) is 14.7 Å². The first-order chi connectivity index (χ1) is 11.0. The highest BCUT2D eigenvalue weighted by Crippen LogP contribution is 2.20. The molecule has 0 spiro atoms. The third-order valence-corrected chi connectivity index (χ3v) is 3.44. The van der Waals surface area contributed by atoms with Gasteiger partial charge in [-0.1, -0.05) is 12.1 Å². The Hall–Kier alpha value is -2.89. The summed E-state index contributed by atoms with van der Waals surface area (Å²) >= 11 is 0. The third kappa shape index (κ3) is 4.54. The molecule has 0 aliphatic rings. The monoisotopic (exact) mass is 314 g/mol. The van der Waals surface area contributed by atoms with Crippen LogP contribution in [0.15, 0.2) is 42.6 Å². The van der Waals surface area contributed by atoms with E-state index in [1.165, 1.54) is 17.0 Å². The van der Waals surface area contributed by atoms with Gasteiger partial charge in [0.2, 0.25) is 0 Å². The van der Waals surface area contributed by atoms with Gasteiger partial charge >= 0.3 is 5.97 Å². The minimum atomic E-state index is -0.905. The van der Waals surface area contributed by atoms with Gasteiger partial charge in [0.1, 0.15) is 11.4 Å². The lowest BCUT2D eigenvalue weighted by atomic mass is 10.0. The van der Waals surface area contributed by atoms with Gasteiger partial charge in [0, 0.05) is 26.2 Å². The highest BCUT2D eigenvalue weighted by Gasteiger charge is 2.15. The lowest BCUT2D eigenvalue weighted by molar-refractivity contribution is -0.136. The van der Waals surface area contributed by atoms with Crippen LogP contribution in [-0.2, 0) is 17.8 Å². The van der Waals surface area contributed by atoms with E-state index < -0.39 is 5.97 Å². The molecular weight excluding hydrogens is 296 g/mol. The quantitative estimate of drug-likeness (QED) is 0.852. The van der Waals surface area contributed by atoms with E-state index in [1.807, 2.05) is 0 Å². The largest absolute Gasteiger partial charge is 0.508 e. The summed E-state index contributed by atoms with van der Waals surface area (Å²) < 4.78 is 0. The molecule has 0 fully saturated rings. The van der Waals surface area contributed by atoms with Crippen molar-refractivity contribution in [1.82, 2.24) is 9.88 Å². The number of hydrogen-bond acceptors (Lipinski definition) is 4. The molecule has 23 heavy (non-hydrogen) atoms. The number of amides is 1. The van der Waals surface area contributed by atoms with Crippen LogP contribution < -0.4 is 0 Å². The number of pyridine rings is 1. The van der Waals surface area contributed by atoms with Gasteiger partial charge in [-0.3, -0.25) is 14.6 Å². The minimum Gasteiger partial charge on any atom is -0.508 e. The molecule has 2 N–H and O–H groups in total. The summed E-state index contributed by atoms with van der Waals surface area (Å²) in [6.07, 6.45) is 1.82. The predicted molar refractivity (Wildman–Crippen MR) is 84.1 cm³/mol. The van der Waals surface area contributed by atoms with Crippen molar-refractivity contribution in [1.29, 1.82) is 0 Å². The minimum absolute atomic E-state index is 0.0334. The maximum atomic E-state index is 12.3. The van der Waals surface area contributed by atoms with Gasteiger partial charge in [0.15, 0.2) is 0 Å². The Kier molecular flexibility index (Phi) is 5.30. The van der Waals surface area contributed by atoms with Crippen LogP contribution in [0.1, 0.15) is 28.0 Å². The molecule has 120 valence electrons. The van der Waals surface area contributed by atoms with E-state index in [0.29, 0.717) is 24.2 Å². The standard InChI is InChI=1S/C17H18N2O4/c1-19(17(23)15-4-2-3-9-18-15)11-13-5-7-14(20)10-12(13)6-8-16(21)22/h2-5,7,9-10,20H,6,8,11H2,1H3,(H,21,22). The first-order valence-electron chi connectivity index (χ1n) is 7.16. The first-order valence-corrected chi connectivity index (χ1v) is 7.16. The molecule has 0 aliphatic heterocycles. The summed E-state index contributed by atoms with van der Waals surface area (Å²) in [6.45, 7) is 0.310. The number of carbonyl (C=O) groups excluding carboxylic acids is 1. The van der Waals surface area contributed by atoms with Gasteiger partial charge in [-0.05, 0) is 41.8 Å². The van der Waals surface area contributed by atoms with Crippen molar-refractivity contribution in [2.24, 2.45) is 0 Å². The number of phenolic OH excluding ortho intramolecular Hbond substituents is 1. The first kappa shape index (κ1) is 16.5. The topological polar surface area (TPSA) is 90.7 Å². The predicted octanol–water partition coefficient (Wildman–Crippen LogP) is 2.08. The van der Waals surface area contributed by atoms with Gasteiger partial charge in [0.25, 0.3) is 5.91 Å². The van der Waals surface area contributed by atoms with Crippen LogP contribution >= 0.6 is 0 Å². The molecule has 6 heteroatoms. The van der Waals surface area contributed by atoms with Crippen molar-refractivity contribution in [3.05, 3.63) is 59.4 Å². The van der Waals surface area contributed by atoms with Crippen molar-refractivity contribution in [3.63, 3.8) is 0 Å². The van der Waals surface area contributed by atoms with E-state index in [1.54, 1.807) is 37.5 Å². The summed E-state index contributed by atoms with van der Waals surface area (Å²) in [5.74, 6) is -1.05. The number of carboxylic acid groups (broad SMARTS) is 1. The number of rotatable bonds is 6. The highest BCUT2D eigenvalue weighted by atomic mass is 16.4. The highest BCUT2D eigenvalue weighted by molar-refractivity contribution is 5.92. The summed E-state index contributed by atoms with van der Waals surface area (Å²) in [7, 11) is 1.66. The molecule has 0 atom stereocenters. The van der Waals surface area contributed by atoms with Gasteiger partial charge in [-0.2, -0.15) is 0 Å². The number of carboxylic acids is 1. The summed E-state index contributed by atoms with van der Waals surface area (Å²) in [6, 6.07) is 9.89. The molecule has 2 aromatic rings. The van der Waals surface area contributed by atoms with E-state index in [4.69, 9.17) is 5.11 Å². The second kappa shape index (κ2) is 7.40. The lowest BCUT2D eigenvalue weighted by Crippen LogP contribution is -2.27. The Morgan fingerprint density at radius 3 is 2.61 bits per heavy atom. The molecule has 2 rings (SSSR count). The summed E-state index contributed by atoms with van der Waals surface area (Å²) in [5.41, 5.74) is 1.87. The molecular formula is C17H18N2O4. The molecule has 6 nitrogen and oxygen atoms in total. The molecule has 1 heterocycles. The van der Waals surface area contributed by atoms with Crippen LogP contribution in [0.4, 0.5) is 0 Å². The van der Waals surface area contributed by atoms with Crippen molar-refractivity contribution in [2.45, 2.75) is 19.4 Å². The van der Waals surface area contributed by atoms with Crippen molar-refractivity contribution in [2.75, 3.05) is 7.05 Å². The molecule has 1 aromatic carbocycles. The molecule has 0 saturated heterocycles. The maximum Gasteiger partial charge on any atom is 0.303 e. The van der Waals surface area contributed by atoms with Gasteiger partial charge in [-0.25, -0.2) is 0 Å². The SMILES string of the molecule is CN(Cc1ccc(O)cc1CCC(=O)O)C(=O)c1ccccn1. The second-order valence-electron chi connectivity index (χ2n) is 5.22. The molecule has 1 amide bonds. The van der Waals surface area contributed by atoms with E-state index in [0.717, 1.165) is 5.56 Å². The molecule has 1 aromatic heterocycles. The van der Waals surface area contributed by atoms with E-state index >= 15 is 0 Å². The van der Waals surface area contributed by atoms with Crippen LogP contribution in [0, 0.1) is 0 Å². The zero-order valence-electron chi connectivity index (χ0n) is 12.8. The Balaban J connectivity index is 2.15. The zero-order valence-corrected chi connectivity index (χ0v) is 12.8. The molecule has 0 bridgehead atoms. The molecule has 0 aliphatic carbocycles. The average molecular weight is 314 g/mol. The number of aromatic nitrogens is 1. The van der Waals surface area contributed by atoms with Gasteiger partial charge < -0.3 is 15.1 Å². The molecule has 0 saturated carbocycles. The van der Waals surface area contributed by atoms with Gasteiger partial charge in [-0.15, -0.1) is 0 Å². The number of phenols is 1. The Bertz CT molecular complexity index is 701. The van der Waals surface area contributed by atoms with Crippen molar-refractivity contribution < 1.29 is 19.8 Å². The number of carbonyl (C=O) groups is 2. The number of aromatic hydroxyl groups is 1. The zero-order chi connectivity index (χ0) is 16.8. The molecule has 0 unspecified atom stereocenters. The van der Waals surface area contributed by atoms with Crippen LogP contribution in [0.3, 0.4) is 0 Å². The van der Waals surface area contributed by atoms with Crippen molar-refractivity contribution >= 4 is 11.9 Å². The van der Waals surface area contributed by atoms with Crippen LogP contribution in [0.2, 0.25) is 0 Å². The third-order valence-electron chi connectivity index (χ3n) is 3.44. The fourth-order valence-electron chi connectivity index (χ4n) is 2.25. The number of aliphatic carboxylic acids is 1. The average Bonchev–Trinajstić information content (AvgIpc) is 2.55. The fourth-order valence-corrected chi connectivity index (χ4v) is 2.25. The smallest absolute Gasteiger partial charge is 0.303 e. The normalized spacial score (nSPS) is 10.3. The van der Waals surface area contributed by atoms with Crippen LogP contribution in [0.5, 0.6) is 5.75 Å². The van der Waals surface area contributed by atoms with Crippen LogP contribution in [0.25, 0.3) is 0 Å². The van der Waals surface area contributed by atoms with Crippen LogP contribution in [-0.4, -0.2) is 39.0 Å². The number of aryl methyl sites for hydroxylation is 1. The maximum absolute atomic E-state index is 12.3. The number of hydrogen-bond donors (Lipinski definition) is 2. The Morgan fingerprint density at radius 1 is 1.17 bits per heavy atom. The van der Waals surface area contributed by atoms with Crippen molar-refractivity contribution in [3.8, 4) is 5.75 Å². The lowest BCUT2D eigenvalue weighted by Gasteiger charge is -2.19. The summed E-state index contributed by atoms with van der Waals surface area (Å²) in [4.78, 5) is 28.6. The van der Waals surface area contributed by atoms with Gasteiger partial charge in [0.05, 0.1) is 0 Å². The Labute approximate surface area is 134 Å².